The van der Waals surface area contributed by atoms with Gasteiger partial charge >= 0.3 is 0 Å². The molecule has 1 aliphatic rings. The van der Waals surface area contributed by atoms with Crippen molar-refractivity contribution in [3.63, 3.8) is 0 Å². The number of aromatic nitrogens is 2. The fourth-order valence-corrected chi connectivity index (χ4v) is 4.53. The predicted octanol–water partition coefficient (Wildman–Crippen LogP) is 4.23. The van der Waals surface area contributed by atoms with Crippen LogP contribution in [0.5, 0.6) is 0 Å². The van der Waals surface area contributed by atoms with Gasteiger partial charge in [-0.05, 0) is 37.4 Å². The lowest BCUT2D eigenvalue weighted by molar-refractivity contribution is 0.0708. The summed E-state index contributed by atoms with van der Waals surface area (Å²) in [5.74, 6) is 0.555. The van der Waals surface area contributed by atoms with Gasteiger partial charge in [-0.3, -0.25) is 4.79 Å². The number of carbonyl (C=O) groups is 1. The molecule has 0 spiro atoms. The number of nitrogens with zero attached hydrogens (tertiary/aromatic N) is 3. The van der Waals surface area contributed by atoms with Crippen molar-refractivity contribution in [3.8, 4) is 0 Å². The average Bonchev–Trinajstić information content (AvgIpc) is 3.15. The van der Waals surface area contributed by atoms with Crippen LogP contribution in [-0.4, -0.2) is 33.3 Å². The van der Waals surface area contributed by atoms with Crippen LogP contribution in [0.2, 0.25) is 0 Å². The van der Waals surface area contributed by atoms with E-state index in [1.807, 2.05) is 17.9 Å². The molecule has 23 heavy (non-hydrogen) atoms. The number of thiazole rings is 1. The van der Waals surface area contributed by atoms with Crippen LogP contribution < -0.4 is 0 Å². The quantitative estimate of drug-likeness (QED) is 0.815. The molecule has 0 unspecified atom stereocenters. The molecule has 2 aromatic heterocycles. The summed E-state index contributed by atoms with van der Waals surface area (Å²) in [5, 5.41) is 3.41. The molecule has 1 fully saturated rings. The van der Waals surface area contributed by atoms with Crippen molar-refractivity contribution in [2.24, 2.45) is 0 Å². The van der Waals surface area contributed by atoms with Gasteiger partial charge in [0.05, 0.1) is 10.7 Å². The first-order chi connectivity index (χ1) is 10.8. The number of carbonyl (C=O) groups excluding carboxylic acids is 1. The molecule has 0 N–H and O–H groups in total. The molecule has 1 amide bonds. The van der Waals surface area contributed by atoms with Crippen LogP contribution in [0, 0.1) is 6.92 Å². The number of amides is 1. The van der Waals surface area contributed by atoms with Gasteiger partial charge in [0.2, 0.25) is 0 Å². The Kier molecular flexibility index (Phi) is 4.56. The highest BCUT2D eigenvalue weighted by atomic mass is 32.1. The van der Waals surface area contributed by atoms with E-state index in [-0.39, 0.29) is 11.3 Å². The van der Waals surface area contributed by atoms with Crippen molar-refractivity contribution in [3.05, 3.63) is 32.7 Å². The van der Waals surface area contributed by atoms with Crippen LogP contribution in [0.3, 0.4) is 0 Å². The molecule has 0 bridgehead atoms. The van der Waals surface area contributed by atoms with E-state index >= 15 is 0 Å². The molecule has 3 rings (SSSR count). The zero-order chi connectivity index (χ0) is 16.6. The van der Waals surface area contributed by atoms with Crippen LogP contribution in [-0.2, 0) is 5.41 Å². The van der Waals surface area contributed by atoms with E-state index in [4.69, 9.17) is 4.98 Å². The minimum absolute atomic E-state index is 0.0716. The Morgan fingerprint density at radius 2 is 2.00 bits per heavy atom. The topological polar surface area (TPSA) is 46.1 Å². The van der Waals surface area contributed by atoms with Crippen molar-refractivity contribution in [1.82, 2.24) is 14.3 Å². The lowest BCUT2D eigenvalue weighted by atomic mass is 9.93. The Morgan fingerprint density at radius 3 is 2.52 bits per heavy atom. The summed E-state index contributed by atoms with van der Waals surface area (Å²) in [6.07, 6.45) is 1.98. The molecule has 0 aromatic carbocycles. The number of likely N-dealkylation sites (tertiary alicyclic amines) is 1. The summed E-state index contributed by atoms with van der Waals surface area (Å²) in [7, 11) is 0. The molecule has 0 saturated carbocycles. The van der Waals surface area contributed by atoms with E-state index < -0.39 is 0 Å². The van der Waals surface area contributed by atoms with E-state index in [0.717, 1.165) is 30.8 Å². The third-order valence-corrected chi connectivity index (χ3v) is 5.97. The number of rotatable bonds is 2. The first-order valence-corrected chi connectivity index (χ1v) is 9.68. The Labute approximate surface area is 145 Å². The normalized spacial score (nSPS) is 16.8. The van der Waals surface area contributed by atoms with Gasteiger partial charge in [0, 0.05) is 34.7 Å². The van der Waals surface area contributed by atoms with Crippen molar-refractivity contribution in [1.29, 1.82) is 0 Å². The molecule has 3 heterocycles. The third kappa shape index (κ3) is 3.63. The minimum atomic E-state index is 0.0716. The highest BCUT2D eigenvalue weighted by molar-refractivity contribution is 7.09. The molecular formula is C17H23N3OS2. The van der Waals surface area contributed by atoms with Gasteiger partial charge in [0.25, 0.3) is 5.91 Å². The Hall–Kier alpha value is -1.27. The van der Waals surface area contributed by atoms with Crippen LogP contribution in [0.25, 0.3) is 0 Å². The van der Waals surface area contributed by atoms with Gasteiger partial charge in [-0.2, -0.15) is 4.37 Å². The van der Waals surface area contributed by atoms with Gasteiger partial charge in [0.15, 0.2) is 0 Å². The summed E-state index contributed by atoms with van der Waals surface area (Å²) in [6.45, 7) is 10.2. The second-order valence-corrected chi connectivity index (χ2v) is 9.11. The van der Waals surface area contributed by atoms with E-state index in [1.54, 1.807) is 11.3 Å². The lowest BCUT2D eigenvalue weighted by Crippen LogP contribution is -2.38. The maximum absolute atomic E-state index is 12.4. The molecule has 6 heteroatoms. The fraction of sp³-hybridized carbons (Fsp3) is 0.588. The minimum Gasteiger partial charge on any atom is -0.337 e. The number of piperidine rings is 1. The van der Waals surface area contributed by atoms with E-state index in [2.05, 4.69) is 30.5 Å². The van der Waals surface area contributed by atoms with Crippen LogP contribution in [0.1, 0.15) is 65.6 Å². The Balaban J connectivity index is 1.62. The zero-order valence-corrected chi connectivity index (χ0v) is 15.8. The lowest BCUT2D eigenvalue weighted by Gasteiger charge is -2.30. The molecule has 124 valence electrons. The van der Waals surface area contributed by atoms with Crippen molar-refractivity contribution in [2.75, 3.05) is 13.1 Å². The molecule has 0 aliphatic carbocycles. The maximum atomic E-state index is 12.4. The van der Waals surface area contributed by atoms with Crippen LogP contribution in [0.15, 0.2) is 11.4 Å². The smallest absolute Gasteiger partial charge is 0.273 e. The highest BCUT2D eigenvalue weighted by Crippen LogP contribution is 2.33. The van der Waals surface area contributed by atoms with Gasteiger partial charge in [-0.1, -0.05) is 20.8 Å². The van der Waals surface area contributed by atoms with Crippen molar-refractivity contribution in [2.45, 2.75) is 51.9 Å². The van der Waals surface area contributed by atoms with Crippen LogP contribution >= 0.6 is 22.9 Å². The van der Waals surface area contributed by atoms with Gasteiger partial charge in [0.1, 0.15) is 5.69 Å². The molecule has 0 atom stereocenters. The summed E-state index contributed by atoms with van der Waals surface area (Å²) in [5.41, 5.74) is 1.87. The van der Waals surface area contributed by atoms with E-state index in [0.29, 0.717) is 11.6 Å². The zero-order valence-electron chi connectivity index (χ0n) is 14.1. The summed E-state index contributed by atoms with van der Waals surface area (Å²) in [4.78, 5) is 20.3. The standard InChI is InChI=1S/C17H23N3OS2/c1-11-9-13(19-23-11)16(21)20-7-5-12(6-8-20)15-18-14(10-22-15)17(2,3)4/h9-10,12H,5-8H2,1-4H3. The van der Waals surface area contributed by atoms with Gasteiger partial charge in [-0.15, -0.1) is 11.3 Å². The molecular weight excluding hydrogens is 326 g/mol. The summed E-state index contributed by atoms with van der Waals surface area (Å²) < 4.78 is 4.24. The molecule has 0 radical (unpaired) electrons. The van der Waals surface area contributed by atoms with E-state index in [1.165, 1.54) is 22.2 Å². The largest absolute Gasteiger partial charge is 0.337 e. The number of hydrogen-bond donors (Lipinski definition) is 0. The molecule has 1 aliphatic heterocycles. The van der Waals surface area contributed by atoms with Crippen molar-refractivity contribution < 1.29 is 4.79 Å². The number of hydrogen-bond acceptors (Lipinski definition) is 5. The molecule has 1 saturated heterocycles. The van der Waals surface area contributed by atoms with Crippen molar-refractivity contribution >= 4 is 28.8 Å². The summed E-state index contributed by atoms with van der Waals surface area (Å²) in [6, 6.07) is 1.88. The number of aryl methyl sites for hydroxylation is 1. The second-order valence-electron chi connectivity index (χ2n) is 7.21. The molecule has 4 nitrogen and oxygen atoms in total. The highest BCUT2D eigenvalue weighted by Gasteiger charge is 2.28. The Bertz CT molecular complexity index is 691. The van der Waals surface area contributed by atoms with E-state index in [9.17, 15) is 4.79 Å². The SMILES string of the molecule is Cc1cc(C(=O)N2CCC(c3nc(C(C)(C)C)cs3)CC2)ns1. The molecule has 2 aromatic rings. The first-order valence-electron chi connectivity index (χ1n) is 8.03. The monoisotopic (exact) mass is 349 g/mol. The summed E-state index contributed by atoms with van der Waals surface area (Å²) >= 11 is 3.16. The second kappa shape index (κ2) is 6.32. The van der Waals surface area contributed by atoms with Gasteiger partial charge in [-0.25, -0.2) is 4.98 Å². The predicted molar refractivity (Wildman–Crippen MR) is 95.5 cm³/mol. The third-order valence-electron chi connectivity index (χ3n) is 4.27. The first kappa shape index (κ1) is 16.6. The maximum Gasteiger partial charge on any atom is 0.273 e. The average molecular weight is 350 g/mol. The Morgan fingerprint density at radius 1 is 1.30 bits per heavy atom. The van der Waals surface area contributed by atoms with Gasteiger partial charge < -0.3 is 4.90 Å². The van der Waals surface area contributed by atoms with Crippen LogP contribution in [0.4, 0.5) is 0 Å². The fourth-order valence-electron chi connectivity index (χ4n) is 2.78.